The molecule has 0 aliphatic rings. The highest BCUT2D eigenvalue weighted by Crippen LogP contribution is 2.46. The molecular weight excluding hydrogens is 500 g/mol. The Labute approximate surface area is 240 Å². The quantitative estimate of drug-likeness (QED) is 0.164. The van der Waals surface area contributed by atoms with Crippen LogP contribution in [0.4, 0.5) is 0 Å². The first-order valence-electron chi connectivity index (χ1n) is 14.3. The summed E-state index contributed by atoms with van der Waals surface area (Å²) in [7, 11) is 0. The second-order valence-electron chi connectivity index (χ2n) is 13.1. The van der Waals surface area contributed by atoms with Crippen LogP contribution >= 0.6 is 0 Å². The molecule has 3 heterocycles. The topological polar surface area (TPSA) is 43.1 Å². The van der Waals surface area contributed by atoms with E-state index in [9.17, 15) is 0 Å². The van der Waals surface area contributed by atoms with Gasteiger partial charge in [0.25, 0.3) is 0 Å². The van der Waals surface area contributed by atoms with E-state index in [0.29, 0.717) is 5.78 Å². The zero-order chi connectivity index (χ0) is 28.5. The van der Waals surface area contributed by atoms with Crippen molar-refractivity contribution in [3.63, 3.8) is 0 Å². The number of imidazole rings is 1. The molecular formula is C37H34N4. The number of nitrogens with zero attached hydrogens (tertiary/aromatic N) is 4. The van der Waals surface area contributed by atoms with Crippen molar-refractivity contribution in [1.29, 1.82) is 0 Å². The minimum absolute atomic E-state index is 0.0605. The SMILES string of the molecule is CC(C)(C)c1c2cc(-c3ccc(-c4cn5cccnc5n4)cc3)ccc2c(C(C)(C)C)c2c1ccc1cccnc12. The van der Waals surface area contributed by atoms with Crippen molar-refractivity contribution in [3.05, 3.63) is 109 Å². The minimum Gasteiger partial charge on any atom is -0.291 e. The van der Waals surface area contributed by atoms with Crippen molar-refractivity contribution >= 4 is 38.2 Å². The zero-order valence-corrected chi connectivity index (χ0v) is 24.5. The van der Waals surface area contributed by atoms with Gasteiger partial charge in [-0.05, 0) is 67.4 Å². The second kappa shape index (κ2) is 8.97. The molecule has 0 saturated heterocycles. The van der Waals surface area contributed by atoms with E-state index in [0.717, 1.165) is 16.8 Å². The maximum Gasteiger partial charge on any atom is 0.234 e. The number of aromatic nitrogens is 4. The molecule has 4 heteroatoms. The first-order valence-corrected chi connectivity index (χ1v) is 14.3. The molecule has 0 unspecified atom stereocenters. The Balaban J connectivity index is 1.46. The fraction of sp³-hybridized carbons (Fsp3) is 0.216. The summed E-state index contributed by atoms with van der Waals surface area (Å²) < 4.78 is 1.95. The van der Waals surface area contributed by atoms with Crippen molar-refractivity contribution in [3.8, 4) is 22.4 Å². The van der Waals surface area contributed by atoms with Gasteiger partial charge < -0.3 is 0 Å². The predicted molar refractivity (Wildman–Crippen MR) is 172 cm³/mol. The van der Waals surface area contributed by atoms with Gasteiger partial charge in [0.2, 0.25) is 5.78 Å². The maximum atomic E-state index is 4.92. The Morgan fingerprint density at radius 3 is 2.02 bits per heavy atom. The number of hydrogen-bond acceptors (Lipinski definition) is 3. The van der Waals surface area contributed by atoms with Gasteiger partial charge in [0.05, 0.1) is 11.2 Å². The van der Waals surface area contributed by atoms with Crippen LogP contribution in [0.1, 0.15) is 52.7 Å². The van der Waals surface area contributed by atoms with Crippen molar-refractivity contribution in [2.24, 2.45) is 0 Å². The molecule has 0 bridgehead atoms. The molecule has 0 amide bonds. The molecule has 7 aromatic rings. The van der Waals surface area contributed by atoms with Crippen LogP contribution in [-0.4, -0.2) is 19.4 Å². The summed E-state index contributed by atoms with van der Waals surface area (Å²) in [6, 6.07) is 26.4. The van der Waals surface area contributed by atoms with E-state index in [4.69, 9.17) is 9.97 Å². The van der Waals surface area contributed by atoms with Crippen LogP contribution in [0.15, 0.2) is 97.6 Å². The highest BCUT2D eigenvalue weighted by Gasteiger charge is 2.29. The van der Waals surface area contributed by atoms with Crippen LogP contribution < -0.4 is 0 Å². The third-order valence-electron chi connectivity index (χ3n) is 8.10. The second-order valence-corrected chi connectivity index (χ2v) is 13.1. The van der Waals surface area contributed by atoms with Crippen LogP contribution in [0.5, 0.6) is 0 Å². The normalized spacial score (nSPS) is 12.6. The molecule has 202 valence electrons. The first-order chi connectivity index (χ1) is 19.6. The Morgan fingerprint density at radius 1 is 0.610 bits per heavy atom. The fourth-order valence-corrected chi connectivity index (χ4v) is 6.42. The number of benzene rings is 4. The fourth-order valence-electron chi connectivity index (χ4n) is 6.42. The van der Waals surface area contributed by atoms with Crippen LogP contribution in [0.25, 0.3) is 60.6 Å². The Kier molecular flexibility index (Phi) is 5.56. The molecule has 0 fully saturated rings. The summed E-state index contributed by atoms with van der Waals surface area (Å²) in [4.78, 5) is 14.0. The van der Waals surface area contributed by atoms with Gasteiger partial charge in [0, 0.05) is 41.1 Å². The molecule has 3 aromatic heterocycles. The molecule has 0 spiro atoms. The van der Waals surface area contributed by atoms with E-state index in [1.165, 1.54) is 49.2 Å². The third kappa shape index (κ3) is 4.17. The molecule has 0 aliphatic heterocycles. The van der Waals surface area contributed by atoms with Gasteiger partial charge in [0.1, 0.15) is 0 Å². The minimum atomic E-state index is -0.0646. The van der Waals surface area contributed by atoms with Gasteiger partial charge in [-0.2, -0.15) is 0 Å². The molecule has 4 nitrogen and oxygen atoms in total. The Morgan fingerprint density at radius 2 is 1.29 bits per heavy atom. The molecule has 0 N–H and O–H groups in total. The average Bonchev–Trinajstić information content (AvgIpc) is 3.39. The predicted octanol–water partition coefficient (Wildman–Crippen LogP) is 9.51. The molecule has 7 rings (SSSR count). The standard InChI is InChI=1S/C37H34N4/c1-36(2,3)32-28-17-14-25-9-7-18-38-34(25)31(28)33(37(4,5)6)27-16-15-26(21-29(27)32)23-10-12-24(13-11-23)30-22-41-20-8-19-39-35(41)40-30/h7-22H,1-6H3. The number of pyridine rings is 1. The number of fused-ring (bicyclic) bond motifs is 5. The van der Waals surface area contributed by atoms with E-state index < -0.39 is 0 Å². The monoisotopic (exact) mass is 534 g/mol. The highest BCUT2D eigenvalue weighted by molar-refractivity contribution is 6.16. The van der Waals surface area contributed by atoms with E-state index >= 15 is 0 Å². The van der Waals surface area contributed by atoms with Gasteiger partial charge in [-0.25, -0.2) is 9.97 Å². The van der Waals surface area contributed by atoms with Crippen molar-refractivity contribution in [1.82, 2.24) is 19.4 Å². The summed E-state index contributed by atoms with van der Waals surface area (Å²) in [6.45, 7) is 13.9. The first kappa shape index (κ1) is 25.4. The Bertz CT molecular complexity index is 2070. The van der Waals surface area contributed by atoms with Crippen molar-refractivity contribution in [2.45, 2.75) is 52.4 Å². The molecule has 0 radical (unpaired) electrons. The summed E-state index contributed by atoms with van der Waals surface area (Å²) in [6.07, 6.45) is 7.70. The third-order valence-corrected chi connectivity index (χ3v) is 8.10. The summed E-state index contributed by atoms with van der Waals surface area (Å²) in [5, 5.41) is 6.40. The molecule has 0 saturated carbocycles. The lowest BCUT2D eigenvalue weighted by Gasteiger charge is -2.31. The number of rotatable bonds is 2. The summed E-state index contributed by atoms with van der Waals surface area (Å²) in [5.41, 5.74) is 8.10. The van der Waals surface area contributed by atoms with E-state index in [1.807, 2.05) is 35.1 Å². The van der Waals surface area contributed by atoms with Crippen LogP contribution in [-0.2, 0) is 10.8 Å². The van der Waals surface area contributed by atoms with E-state index in [1.54, 1.807) is 6.20 Å². The smallest absolute Gasteiger partial charge is 0.234 e. The van der Waals surface area contributed by atoms with Gasteiger partial charge >= 0.3 is 0 Å². The van der Waals surface area contributed by atoms with E-state index in [-0.39, 0.29) is 10.8 Å². The highest BCUT2D eigenvalue weighted by atomic mass is 15.1. The van der Waals surface area contributed by atoms with Crippen LogP contribution in [0, 0.1) is 0 Å². The van der Waals surface area contributed by atoms with Gasteiger partial charge in [-0.15, -0.1) is 0 Å². The largest absolute Gasteiger partial charge is 0.291 e. The van der Waals surface area contributed by atoms with Gasteiger partial charge in [0.15, 0.2) is 0 Å². The Hall–Kier alpha value is -4.57. The summed E-state index contributed by atoms with van der Waals surface area (Å²) in [5.74, 6) is 0.709. The summed E-state index contributed by atoms with van der Waals surface area (Å²) >= 11 is 0. The molecule has 41 heavy (non-hydrogen) atoms. The zero-order valence-electron chi connectivity index (χ0n) is 24.5. The van der Waals surface area contributed by atoms with Crippen molar-refractivity contribution in [2.75, 3.05) is 0 Å². The lowest BCUT2D eigenvalue weighted by atomic mass is 9.73. The maximum absolute atomic E-state index is 4.92. The average molecular weight is 535 g/mol. The molecule has 0 aliphatic carbocycles. The number of hydrogen-bond donors (Lipinski definition) is 0. The van der Waals surface area contributed by atoms with Gasteiger partial charge in [-0.3, -0.25) is 9.38 Å². The lowest BCUT2D eigenvalue weighted by molar-refractivity contribution is 0.593. The van der Waals surface area contributed by atoms with Crippen LogP contribution in [0.2, 0.25) is 0 Å². The lowest BCUT2D eigenvalue weighted by Crippen LogP contribution is -2.18. The van der Waals surface area contributed by atoms with E-state index in [2.05, 4.69) is 107 Å². The van der Waals surface area contributed by atoms with Crippen molar-refractivity contribution < 1.29 is 0 Å². The molecule has 4 aromatic carbocycles. The van der Waals surface area contributed by atoms with Gasteiger partial charge in [-0.1, -0.05) is 96.1 Å². The van der Waals surface area contributed by atoms with Crippen LogP contribution in [0.3, 0.4) is 0 Å². The molecule has 0 atom stereocenters.